The fraction of sp³-hybridized carbons (Fsp3) is 0.435. The number of nitrogens with zero attached hydrogens (tertiary/aromatic N) is 2. The average Bonchev–Trinajstić information content (AvgIpc) is 2.72. The van der Waals surface area contributed by atoms with Crippen LogP contribution in [0.2, 0.25) is 0 Å². The molecule has 0 saturated carbocycles. The van der Waals surface area contributed by atoms with Crippen LogP contribution in [-0.4, -0.2) is 29.5 Å². The zero-order chi connectivity index (χ0) is 21.8. The number of hydrogen-bond acceptors (Lipinski definition) is 6. The number of amides is 1. The molecular weight excluding hydrogens is 378 g/mol. The molecule has 0 aliphatic heterocycles. The first-order valence-electron chi connectivity index (χ1n) is 10.5. The Balaban J connectivity index is 2.21. The highest BCUT2D eigenvalue weighted by atomic mass is 16.5. The van der Waals surface area contributed by atoms with Gasteiger partial charge in [0.2, 0.25) is 12.4 Å². The van der Waals surface area contributed by atoms with Crippen molar-refractivity contribution in [3.63, 3.8) is 0 Å². The van der Waals surface area contributed by atoms with Crippen LogP contribution in [0.5, 0.6) is 5.75 Å². The number of unbranched alkanes of at least 4 members (excludes halogenated alkanes) is 1. The van der Waals surface area contributed by atoms with Gasteiger partial charge >= 0.3 is 0 Å². The van der Waals surface area contributed by atoms with Crippen molar-refractivity contribution in [3.05, 3.63) is 41.6 Å². The molecule has 1 amide bonds. The Morgan fingerprint density at radius 3 is 2.83 bits per heavy atom. The Morgan fingerprint density at radius 1 is 1.30 bits per heavy atom. The molecule has 0 radical (unpaired) electrons. The summed E-state index contributed by atoms with van der Waals surface area (Å²) in [5.74, 6) is 1.98. The summed E-state index contributed by atoms with van der Waals surface area (Å²) in [5.41, 5.74) is 8.59. The van der Waals surface area contributed by atoms with Crippen molar-refractivity contribution >= 4 is 29.9 Å². The van der Waals surface area contributed by atoms with Crippen molar-refractivity contribution in [3.8, 4) is 5.75 Å². The molecule has 0 spiro atoms. The molecule has 162 valence electrons. The largest absolute Gasteiger partial charge is 0.484 e. The zero-order valence-corrected chi connectivity index (χ0v) is 18.1. The van der Waals surface area contributed by atoms with Gasteiger partial charge in [-0.1, -0.05) is 51.5 Å². The number of ether oxygens (including phenoxy) is 1. The molecule has 1 aromatic heterocycles. The van der Waals surface area contributed by atoms with Crippen molar-refractivity contribution in [1.29, 1.82) is 0 Å². The number of nitrogens with two attached hydrogens (primary N) is 1. The minimum atomic E-state index is 0.214. The lowest BCUT2D eigenvalue weighted by Gasteiger charge is -2.15. The lowest BCUT2D eigenvalue weighted by Crippen LogP contribution is -2.10. The van der Waals surface area contributed by atoms with Crippen LogP contribution in [0.3, 0.4) is 0 Å². The predicted molar refractivity (Wildman–Crippen MR) is 124 cm³/mol. The molecule has 1 heterocycles. The molecule has 4 N–H and O–H groups in total. The van der Waals surface area contributed by atoms with Crippen LogP contribution < -0.4 is 21.1 Å². The van der Waals surface area contributed by atoms with E-state index in [0.29, 0.717) is 30.5 Å². The Morgan fingerprint density at radius 2 is 2.10 bits per heavy atom. The van der Waals surface area contributed by atoms with Gasteiger partial charge in [0, 0.05) is 12.2 Å². The van der Waals surface area contributed by atoms with Crippen LogP contribution in [0.1, 0.15) is 52.0 Å². The van der Waals surface area contributed by atoms with Crippen molar-refractivity contribution in [1.82, 2.24) is 9.97 Å². The number of hydrogen-bond donors (Lipinski definition) is 3. The Bertz CT molecular complexity index is 836. The molecule has 0 aliphatic rings. The Hall–Kier alpha value is -3.09. The number of nitrogen functional groups attached to an aromatic ring is 1. The van der Waals surface area contributed by atoms with Gasteiger partial charge in [0.05, 0.1) is 6.20 Å². The highest BCUT2D eigenvalue weighted by molar-refractivity contribution is 5.78. The van der Waals surface area contributed by atoms with Crippen LogP contribution in [0.25, 0.3) is 6.08 Å². The number of benzene rings is 1. The maximum Gasteiger partial charge on any atom is 0.222 e. The fourth-order valence-corrected chi connectivity index (χ4v) is 2.87. The molecule has 7 heteroatoms. The standard InChI is InChI=1S/C23H33N5O2/c1-4-5-12-25-22-21(14-26-23(24)28-22)30-15-18(11-10-17(2)3)13-19-8-6-7-9-20(19)27-16-29/h6-9,13-14,16-17H,4-5,10-12,15H2,1-3H3,(H,27,29)(H3,24,25,26,28)/b18-13+. The highest BCUT2D eigenvalue weighted by Gasteiger charge is 2.10. The molecule has 7 nitrogen and oxygen atoms in total. The second-order valence-electron chi connectivity index (χ2n) is 7.59. The third-order valence-electron chi connectivity index (χ3n) is 4.59. The van der Waals surface area contributed by atoms with Gasteiger partial charge in [-0.2, -0.15) is 4.98 Å². The van der Waals surface area contributed by atoms with Gasteiger partial charge in [0.1, 0.15) is 6.61 Å². The minimum Gasteiger partial charge on any atom is -0.484 e. The van der Waals surface area contributed by atoms with E-state index in [-0.39, 0.29) is 5.95 Å². The number of rotatable bonds is 13. The van der Waals surface area contributed by atoms with Crippen molar-refractivity contribution in [2.45, 2.75) is 46.5 Å². The monoisotopic (exact) mass is 411 g/mol. The number of carbonyl (C=O) groups is 1. The maximum atomic E-state index is 10.9. The highest BCUT2D eigenvalue weighted by Crippen LogP contribution is 2.25. The lowest BCUT2D eigenvalue weighted by atomic mass is 10.0. The van der Waals surface area contributed by atoms with Crippen LogP contribution in [0.4, 0.5) is 17.5 Å². The van der Waals surface area contributed by atoms with Crippen molar-refractivity contribution in [2.75, 3.05) is 29.5 Å². The van der Waals surface area contributed by atoms with Gasteiger partial charge in [0.15, 0.2) is 11.6 Å². The molecule has 1 aromatic carbocycles. The van der Waals surface area contributed by atoms with Gasteiger partial charge in [0.25, 0.3) is 0 Å². The molecule has 0 unspecified atom stereocenters. The molecule has 30 heavy (non-hydrogen) atoms. The second-order valence-corrected chi connectivity index (χ2v) is 7.59. The summed E-state index contributed by atoms with van der Waals surface area (Å²) in [4.78, 5) is 19.3. The van der Waals surface area contributed by atoms with Crippen LogP contribution in [0, 0.1) is 5.92 Å². The zero-order valence-electron chi connectivity index (χ0n) is 18.1. The van der Waals surface area contributed by atoms with E-state index in [2.05, 4.69) is 47.4 Å². The number of anilines is 3. The molecule has 2 aromatic rings. The number of para-hydroxylation sites is 1. The molecular formula is C23H33N5O2. The van der Waals surface area contributed by atoms with E-state index in [0.717, 1.165) is 49.1 Å². The summed E-state index contributed by atoms with van der Waals surface area (Å²) >= 11 is 0. The maximum absolute atomic E-state index is 10.9. The number of aromatic nitrogens is 2. The van der Waals surface area contributed by atoms with Crippen LogP contribution in [-0.2, 0) is 4.79 Å². The quantitative estimate of drug-likeness (QED) is 0.325. The van der Waals surface area contributed by atoms with Gasteiger partial charge < -0.3 is 21.1 Å². The SMILES string of the molecule is CCCCNc1nc(N)ncc1OC/C(=C/c1ccccc1NC=O)CCC(C)C. The third-order valence-corrected chi connectivity index (χ3v) is 4.59. The second kappa shape index (κ2) is 12.5. The average molecular weight is 412 g/mol. The summed E-state index contributed by atoms with van der Waals surface area (Å²) in [6, 6.07) is 7.70. The Kier molecular flexibility index (Phi) is 9.64. The first kappa shape index (κ1) is 23.2. The van der Waals surface area contributed by atoms with Gasteiger partial charge in [-0.25, -0.2) is 4.98 Å². The summed E-state index contributed by atoms with van der Waals surface area (Å²) < 4.78 is 6.09. The van der Waals surface area contributed by atoms with E-state index in [1.54, 1.807) is 6.20 Å². The smallest absolute Gasteiger partial charge is 0.222 e. The topological polar surface area (TPSA) is 102 Å². The molecule has 2 rings (SSSR count). The summed E-state index contributed by atoms with van der Waals surface area (Å²) in [5, 5.41) is 6.03. The first-order valence-corrected chi connectivity index (χ1v) is 10.5. The third kappa shape index (κ3) is 7.73. The summed E-state index contributed by atoms with van der Waals surface area (Å²) in [6.07, 6.45) is 8.43. The predicted octanol–water partition coefficient (Wildman–Crippen LogP) is 4.74. The fourth-order valence-electron chi connectivity index (χ4n) is 2.87. The van der Waals surface area contributed by atoms with E-state index in [1.807, 2.05) is 24.3 Å². The van der Waals surface area contributed by atoms with Gasteiger partial charge in [-0.3, -0.25) is 4.79 Å². The number of nitrogens with one attached hydrogen (secondary N) is 2. The van der Waals surface area contributed by atoms with Crippen LogP contribution in [0.15, 0.2) is 36.0 Å². The van der Waals surface area contributed by atoms with E-state index in [4.69, 9.17) is 10.5 Å². The number of carbonyl (C=O) groups excluding carboxylic acids is 1. The molecule has 0 fully saturated rings. The van der Waals surface area contributed by atoms with E-state index >= 15 is 0 Å². The first-order chi connectivity index (χ1) is 14.5. The summed E-state index contributed by atoms with van der Waals surface area (Å²) in [6.45, 7) is 7.73. The van der Waals surface area contributed by atoms with E-state index in [1.165, 1.54) is 0 Å². The van der Waals surface area contributed by atoms with Crippen molar-refractivity contribution < 1.29 is 9.53 Å². The summed E-state index contributed by atoms with van der Waals surface area (Å²) in [7, 11) is 0. The molecule has 0 aliphatic carbocycles. The molecule has 0 bridgehead atoms. The normalized spacial score (nSPS) is 11.4. The van der Waals surface area contributed by atoms with Gasteiger partial charge in [-0.05, 0) is 42.4 Å². The van der Waals surface area contributed by atoms with Gasteiger partial charge in [-0.15, -0.1) is 0 Å². The van der Waals surface area contributed by atoms with E-state index < -0.39 is 0 Å². The van der Waals surface area contributed by atoms with E-state index in [9.17, 15) is 4.79 Å². The lowest BCUT2D eigenvalue weighted by molar-refractivity contribution is -0.105. The molecule has 0 saturated heterocycles. The minimum absolute atomic E-state index is 0.214. The van der Waals surface area contributed by atoms with Crippen molar-refractivity contribution in [2.24, 2.45) is 5.92 Å². The van der Waals surface area contributed by atoms with Crippen LogP contribution >= 0.6 is 0 Å². The molecule has 0 atom stereocenters. The Labute approximate surface area is 179 Å².